The van der Waals surface area contributed by atoms with Gasteiger partial charge in [-0.2, -0.15) is 5.10 Å². The Bertz CT molecular complexity index is 777. The SMILES string of the molecule is Cc1cnc(C)c(NCc2cn(C)nc2-c2ccccc2)n1. The topological polar surface area (TPSA) is 55.6 Å². The molecule has 0 saturated heterocycles. The Labute approximate surface area is 130 Å². The van der Waals surface area contributed by atoms with E-state index in [1.807, 2.05) is 50.0 Å². The second-order valence-electron chi connectivity index (χ2n) is 5.34. The molecule has 0 spiro atoms. The third kappa shape index (κ3) is 2.98. The van der Waals surface area contributed by atoms with Gasteiger partial charge in [-0.3, -0.25) is 9.67 Å². The third-order valence-electron chi connectivity index (χ3n) is 3.47. The third-order valence-corrected chi connectivity index (χ3v) is 3.47. The maximum Gasteiger partial charge on any atom is 0.148 e. The first-order valence-corrected chi connectivity index (χ1v) is 7.25. The summed E-state index contributed by atoms with van der Waals surface area (Å²) < 4.78 is 1.84. The number of aryl methyl sites for hydroxylation is 3. The van der Waals surface area contributed by atoms with Crippen LogP contribution in [0.4, 0.5) is 5.82 Å². The van der Waals surface area contributed by atoms with Gasteiger partial charge >= 0.3 is 0 Å². The normalized spacial score (nSPS) is 10.7. The van der Waals surface area contributed by atoms with E-state index in [2.05, 4.69) is 32.5 Å². The first-order chi connectivity index (χ1) is 10.6. The van der Waals surface area contributed by atoms with Gasteiger partial charge in [0.05, 0.1) is 17.1 Å². The molecule has 1 aromatic carbocycles. The molecule has 0 radical (unpaired) electrons. The highest BCUT2D eigenvalue weighted by Crippen LogP contribution is 2.22. The molecule has 0 saturated carbocycles. The molecule has 0 fully saturated rings. The fraction of sp³-hybridized carbons (Fsp3) is 0.235. The van der Waals surface area contributed by atoms with Gasteiger partial charge in [-0.25, -0.2) is 4.98 Å². The van der Waals surface area contributed by atoms with Crippen LogP contribution in [-0.2, 0) is 13.6 Å². The van der Waals surface area contributed by atoms with E-state index in [0.717, 1.165) is 34.0 Å². The maximum atomic E-state index is 4.57. The highest BCUT2D eigenvalue weighted by Gasteiger charge is 2.10. The van der Waals surface area contributed by atoms with Crippen LogP contribution in [0.15, 0.2) is 42.7 Å². The molecule has 2 aromatic heterocycles. The van der Waals surface area contributed by atoms with Gasteiger partial charge in [0.2, 0.25) is 0 Å². The van der Waals surface area contributed by atoms with Gasteiger partial charge < -0.3 is 5.32 Å². The molecule has 0 unspecified atom stereocenters. The summed E-state index contributed by atoms with van der Waals surface area (Å²) in [5, 5.41) is 7.94. The molecule has 5 heteroatoms. The van der Waals surface area contributed by atoms with Gasteiger partial charge in [-0.05, 0) is 13.8 Å². The number of rotatable bonds is 4. The number of anilines is 1. The van der Waals surface area contributed by atoms with Crippen molar-refractivity contribution in [2.75, 3.05) is 5.32 Å². The van der Waals surface area contributed by atoms with Crippen LogP contribution >= 0.6 is 0 Å². The average molecular weight is 293 g/mol. The number of benzene rings is 1. The second-order valence-corrected chi connectivity index (χ2v) is 5.34. The van der Waals surface area contributed by atoms with Crippen LogP contribution in [0.25, 0.3) is 11.3 Å². The standard InChI is InChI=1S/C17H19N5/c1-12-9-18-13(2)17(20-12)19-10-15-11-22(3)21-16(15)14-7-5-4-6-8-14/h4-9,11H,10H2,1-3H3,(H,19,20). The van der Waals surface area contributed by atoms with E-state index in [1.54, 1.807) is 6.20 Å². The predicted molar refractivity (Wildman–Crippen MR) is 87.5 cm³/mol. The van der Waals surface area contributed by atoms with E-state index in [1.165, 1.54) is 0 Å². The van der Waals surface area contributed by atoms with Crippen molar-refractivity contribution in [3.63, 3.8) is 0 Å². The van der Waals surface area contributed by atoms with Crippen molar-refractivity contribution in [1.29, 1.82) is 0 Å². The lowest BCUT2D eigenvalue weighted by Gasteiger charge is -2.08. The van der Waals surface area contributed by atoms with Gasteiger partial charge in [0.15, 0.2) is 0 Å². The Morgan fingerprint density at radius 2 is 1.91 bits per heavy atom. The smallest absolute Gasteiger partial charge is 0.148 e. The van der Waals surface area contributed by atoms with E-state index < -0.39 is 0 Å². The van der Waals surface area contributed by atoms with E-state index in [4.69, 9.17) is 0 Å². The number of nitrogens with one attached hydrogen (secondary N) is 1. The highest BCUT2D eigenvalue weighted by molar-refractivity contribution is 5.63. The van der Waals surface area contributed by atoms with Crippen molar-refractivity contribution in [3.05, 3.63) is 59.7 Å². The Morgan fingerprint density at radius 1 is 1.14 bits per heavy atom. The summed E-state index contributed by atoms with van der Waals surface area (Å²) >= 11 is 0. The predicted octanol–water partition coefficient (Wildman–Crippen LogP) is 3.11. The fourth-order valence-corrected chi connectivity index (χ4v) is 2.39. The van der Waals surface area contributed by atoms with Crippen LogP contribution < -0.4 is 5.32 Å². The number of hydrogen-bond donors (Lipinski definition) is 1. The zero-order chi connectivity index (χ0) is 15.5. The number of aromatic nitrogens is 4. The summed E-state index contributed by atoms with van der Waals surface area (Å²) in [7, 11) is 1.94. The van der Waals surface area contributed by atoms with Crippen molar-refractivity contribution in [1.82, 2.24) is 19.7 Å². The van der Waals surface area contributed by atoms with E-state index in [0.29, 0.717) is 6.54 Å². The first-order valence-electron chi connectivity index (χ1n) is 7.25. The van der Waals surface area contributed by atoms with Crippen LogP contribution in [0.2, 0.25) is 0 Å². The monoisotopic (exact) mass is 293 g/mol. The lowest BCUT2D eigenvalue weighted by molar-refractivity contribution is 0.770. The molecular weight excluding hydrogens is 274 g/mol. The molecule has 22 heavy (non-hydrogen) atoms. The maximum absolute atomic E-state index is 4.57. The molecule has 0 amide bonds. The minimum Gasteiger partial charge on any atom is -0.364 e. The van der Waals surface area contributed by atoms with Crippen molar-refractivity contribution in [2.45, 2.75) is 20.4 Å². The summed E-state index contributed by atoms with van der Waals surface area (Å²) in [6.45, 7) is 4.56. The molecule has 0 bridgehead atoms. The van der Waals surface area contributed by atoms with Gasteiger partial charge in [0.25, 0.3) is 0 Å². The minimum atomic E-state index is 0.664. The van der Waals surface area contributed by atoms with Gasteiger partial charge in [-0.15, -0.1) is 0 Å². The van der Waals surface area contributed by atoms with Crippen LogP contribution in [0.5, 0.6) is 0 Å². The van der Waals surface area contributed by atoms with Crippen LogP contribution in [-0.4, -0.2) is 19.7 Å². The zero-order valence-electron chi connectivity index (χ0n) is 13.0. The van der Waals surface area contributed by atoms with Crippen molar-refractivity contribution in [2.24, 2.45) is 7.05 Å². The van der Waals surface area contributed by atoms with Crippen molar-refractivity contribution < 1.29 is 0 Å². The molecule has 112 valence electrons. The molecular formula is C17H19N5. The molecule has 3 rings (SSSR count). The Hall–Kier alpha value is -2.69. The summed E-state index contributed by atoms with van der Waals surface area (Å²) in [5.74, 6) is 0.822. The minimum absolute atomic E-state index is 0.664. The Morgan fingerprint density at radius 3 is 2.68 bits per heavy atom. The first kappa shape index (κ1) is 14.3. The van der Waals surface area contributed by atoms with E-state index in [9.17, 15) is 0 Å². The van der Waals surface area contributed by atoms with Gasteiger partial charge in [-0.1, -0.05) is 30.3 Å². The van der Waals surface area contributed by atoms with Crippen LogP contribution in [0.1, 0.15) is 17.0 Å². The quantitative estimate of drug-likeness (QED) is 0.803. The zero-order valence-corrected chi connectivity index (χ0v) is 13.0. The summed E-state index contributed by atoms with van der Waals surface area (Å²) in [6, 6.07) is 10.2. The van der Waals surface area contributed by atoms with E-state index >= 15 is 0 Å². The lowest BCUT2D eigenvalue weighted by Crippen LogP contribution is -2.05. The molecule has 0 aliphatic heterocycles. The Kier molecular flexibility index (Phi) is 3.87. The van der Waals surface area contributed by atoms with Crippen LogP contribution in [0.3, 0.4) is 0 Å². The second kappa shape index (κ2) is 5.97. The van der Waals surface area contributed by atoms with Crippen molar-refractivity contribution in [3.8, 4) is 11.3 Å². The molecule has 3 aromatic rings. The molecule has 0 atom stereocenters. The molecule has 0 aliphatic carbocycles. The molecule has 5 nitrogen and oxygen atoms in total. The largest absolute Gasteiger partial charge is 0.364 e. The lowest BCUT2D eigenvalue weighted by atomic mass is 10.1. The average Bonchev–Trinajstić information content (AvgIpc) is 2.90. The number of hydrogen-bond acceptors (Lipinski definition) is 4. The van der Waals surface area contributed by atoms with Gasteiger partial charge in [0.1, 0.15) is 5.82 Å². The highest BCUT2D eigenvalue weighted by atomic mass is 15.3. The summed E-state index contributed by atoms with van der Waals surface area (Å²) in [4.78, 5) is 8.83. The van der Waals surface area contributed by atoms with Crippen molar-refractivity contribution >= 4 is 5.82 Å². The Balaban J connectivity index is 1.86. The molecule has 0 aliphatic rings. The van der Waals surface area contributed by atoms with E-state index in [-0.39, 0.29) is 0 Å². The molecule has 1 N–H and O–H groups in total. The summed E-state index contributed by atoms with van der Waals surface area (Å²) in [5.41, 5.74) is 5.05. The van der Waals surface area contributed by atoms with Gasteiger partial charge in [0, 0.05) is 37.1 Å². The summed E-state index contributed by atoms with van der Waals surface area (Å²) in [6.07, 6.45) is 3.81. The fourth-order valence-electron chi connectivity index (χ4n) is 2.39. The number of nitrogens with zero attached hydrogens (tertiary/aromatic N) is 4. The molecule has 2 heterocycles. The van der Waals surface area contributed by atoms with Crippen LogP contribution in [0, 0.1) is 13.8 Å².